The van der Waals surface area contributed by atoms with Gasteiger partial charge in [-0.25, -0.2) is 4.39 Å². The third kappa shape index (κ3) is 2.48. The van der Waals surface area contributed by atoms with Crippen LogP contribution in [0.4, 0.5) is 21.5 Å². The predicted octanol–water partition coefficient (Wildman–Crippen LogP) is 3.61. The Balaban J connectivity index is 2.34. The zero-order valence-corrected chi connectivity index (χ0v) is 10.00. The molecule has 3 N–H and O–H groups in total. The number of hydrogen-bond donors (Lipinski definition) is 3. The molecule has 0 aromatic heterocycles. The molecule has 18 heavy (non-hydrogen) atoms. The van der Waals surface area contributed by atoms with Crippen molar-refractivity contribution in [2.75, 3.05) is 17.7 Å². The molecule has 0 spiro atoms. The molecule has 92 valence electrons. The molecule has 0 bridgehead atoms. The van der Waals surface area contributed by atoms with E-state index in [2.05, 4.69) is 10.6 Å². The number of halogens is 1. The third-order valence-corrected chi connectivity index (χ3v) is 2.64. The lowest BCUT2D eigenvalue weighted by molar-refractivity contribution is 0.628. The van der Waals surface area contributed by atoms with Crippen molar-refractivity contribution in [3.8, 4) is 0 Å². The van der Waals surface area contributed by atoms with Gasteiger partial charge in [0.2, 0.25) is 0 Å². The molecule has 0 heterocycles. The topological polar surface area (TPSA) is 47.9 Å². The van der Waals surface area contributed by atoms with E-state index in [9.17, 15) is 4.39 Å². The Labute approximate surface area is 105 Å². The SMILES string of the molecule is CNc1cccc(Nc2ccc(F)cc2)c1C=N. The highest BCUT2D eigenvalue weighted by Gasteiger charge is 2.05. The summed E-state index contributed by atoms with van der Waals surface area (Å²) in [6.45, 7) is 0. The Morgan fingerprint density at radius 1 is 1.06 bits per heavy atom. The lowest BCUT2D eigenvalue weighted by atomic mass is 10.1. The molecule has 0 aliphatic heterocycles. The second-order valence-corrected chi connectivity index (χ2v) is 3.79. The maximum absolute atomic E-state index is 12.8. The van der Waals surface area contributed by atoms with E-state index in [1.165, 1.54) is 18.3 Å². The molecule has 2 aromatic rings. The van der Waals surface area contributed by atoms with Gasteiger partial charge in [0, 0.05) is 35.9 Å². The second kappa shape index (κ2) is 5.31. The van der Waals surface area contributed by atoms with Crippen LogP contribution in [0.2, 0.25) is 0 Å². The summed E-state index contributed by atoms with van der Waals surface area (Å²) in [6.07, 6.45) is 1.29. The molecule has 2 aromatic carbocycles. The highest BCUT2D eigenvalue weighted by Crippen LogP contribution is 2.25. The standard InChI is InChI=1S/C14H14FN3/c1-17-13-3-2-4-14(12(13)9-16)18-11-7-5-10(15)6-8-11/h2-9,16-18H,1H3. The Hall–Kier alpha value is -2.36. The molecule has 0 aliphatic carbocycles. The molecule has 0 aliphatic rings. The van der Waals surface area contributed by atoms with Gasteiger partial charge in [-0.2, -0.15) is 0 Å². The van der Waals surface area contributed by atoms with Crippen LogP contribution < -0.4 is 10.6 Å². The zero-order valence-electron chi connectivity index (χ0n) is 10.00. The fraction of sp³-hybridized carbons (Fsp3) is 0.0714. The first-order valence-electron chi connectivity index (χ1n) is 5.58. The fourth-order valence-corrected chi connectivity index (χ4v) is 1.74. The van der Waals surface area contributed by atoms with E-state index in [1.54, 1.807) is 12.1 Å². The van der Waals surface area contributed by atoms with Gasteiger partial charge in [0.25, 0.3) is 0 Å². The normalized spacial score (nSPS) is 9.89. The van der Waals surface area contributed by atoms with Gasteiger partial charge in [-0.15, -0.1) is 0 Å². The van der Waals surface area contributed by atoms with Crippen molar-refractivity contribution < 1.29 is 4.39 Å². The molecular formula is C14H14FN3. The summed E-state index contributed by atoms with van der Waals surface area (Å²) in [7, 11) is 1.81. The number of rotatable bonds is 4. The molecule has 0 saturated heterocycles. The summed E-state index contributed by atoms with van der Waals surface area (Å²) in [5, 5.41) is 13.7. The lowest BCUT2D eigenvalue weighted by Gasteiger charge is -2.12. The number of nitrogens with one attached hydrogen (secondary N) is 3. The van der Waals surface area contributed by atoms with E-state index in [-0.39, 0.29) is 5.82 Å². The summed E-state index contributed by atoms with van der Waals surface area (Å²) in [5.74, 6) is -0.267. The van der Waals surface area contributed by atoms with Crippen LogP contribution in [0.1, 0.15) is 5.56 Å². The number of anilines is 3. The monoisotopic (exact) mass is 243 g/mol. The maximum Gasteiger partial charge on any atom is 0.123 e. The van der Waals surface area contributed by atoms with Crippen molar-refractivity contribution in [3.63, 3.8) is 0 Å². The summed E-state index contributed by atoms with van der Waals surface area (Å²) < 4.78 is 12.8. The maximum atomic E-state index is 12.8. The quantitative estimate of drug-likeness (QED) is 0.718. The van der Waals surface area contributed by atoms with Crippen molar-refractivity contribution >= 4 is 23.3 Å². The Morgan fingerprint density at radius 3 is 2.33 bits per heavy atom. The van der Waals surface area contributed by atoms with Crippen LogP contribution in [0, 0.1) is 11.2 Å². The summed E-state index contributed by atoms with van der Waals surface area (Å²) in [5.41, 5.74) is 3.23. The van der Waals surface area contributed by atoms with Crippen LogP contribution in [-0.4, -0.2) is 13.3 Å². The molecule has 4 heteroatoms. The Morgan fingerprint density at radius 2 is 1.72 bits per heavy atom. The number of benzene rings is 2. The van der Waals surface area contributed by atoms with E-state index >= 15 is 0 Å². The van der Waals surface area contributed by atoms with Crippen LogP contribution in [0.25, 0.3) is 0 Å². The Bertz CT molecular complexity index is 549. The van der Waals surface area contributed by atoms with E-state index in [1.807, 2.05) is 25.2 Å². The smallest absolute Gasteiger partial charge is 0.123 e. The summed E-state index contributed by atoms with van der Waals surface area (Å²) >= 11 is 0. The molecular weight excluding hydrogens is 229 g/mol. The summed E-state index contributed by atoms with van der Waals surface area (Å²) in [6, 6.07) is 11.8. The van der Waals surface area contributed by atoms with Crippen molar-refractivity contribution in [2.45, 2.75) is 0 Å². The summed E-state index contributed by atoms with van der Waals surface area (Å²) in [4.78, 5) is 0. The first kappa shape index (κ1) is 12.1. The molecule has 0 amide bonds. The first-order valence-corrected chi connectivity index (χ1v) is 5.58. The third-order valence-electron chi connectivity index (χ3n) is 2.64. The molecule has 3 nitrogen and oxygen atoms in total. The fourth-order valence-electron chi connectivity index (χ4n) is 1.74. The highest BCUT2D eigenvalue weighted by atomic mass is 19.1. The lowest BCUT2D eigenvalue weighted by Crippen LogP contribution is -2.00. The van der Waals surface area contributed by atoms with Gasteiger partial charge in [0.05, 0.1) is 0 Å². The van der Waals surface area contributed by atoms with Gasteiger partial charge in [-0.3, -0.25) is 0 Å². The van der Waals surface area contributed by atoms with Crippen molar-refractivity contribution in [1.82, 2.24) is 0 Å². The van der Waals surface area contributed by atoms with E-state index < -0.39 is 0 Å². The molecule has 2 rings (SSSR count). The van der Waals surface area contributed by atoms with Crippen molar-refractivity contribution in [1.29, 1.82) is 5.41 Å². The van der Waals surface area contributed by atoms with Gasteiger partial charge in [0.15, 0.2) is 0 Å². The van der Waals surface area contributed by atoms with Crippen molar-refractivity contribution in [3.05, 3.63) is 53.8 Å². The zero-order chi connectivity index (χ0) is 13.0. The van der Waals surface area contributed by atoms with Gasteiger partial charge in [-0.05, 0) is 36.4 Å². The molecule has 0 unspecified atom stereocenters. The van der Waals surface area contributed by atoms with E-state index in [0.29, 0.717) is 0 Å². The average Bonchev–Trinajstić information content (AvgIpc) is 2.41. The minimum absolute atomic E-state index is 0.267. The van der Waals surface area contributed by atoms with Crippen LogP contribution in [0.3, 0.4) is 0 Å². The molecule has 0 saturated carbocycles. The minimum atomic E-state index is -0.267. The van der Waals surface area contributed by atoms with Gasteiger partial charge < -0.3 is 16.0 Å². The van der Waals surface area contributed by atoms with Crippen LogP contribution in [0.15, 0.2) is 42.5 Å². The second-order valence-electron chi connectivity index (χ2n) is 3.79. The van der Waals surface area contributed by atoms with E-state index in [4.69, 9.17) is 5.41 Å². The van der Waals surface area contributed by atoms with Crippen LogP contribution >= 0.6 is 0 Å². The Kier molecular flexibility index (Phi) is 3.57. The van der Waals surface area contributed by atoms with Crippen LogP contribution in [-0.2, 0) is 0 Å². The average molecular weight is 243 g/mol. The largest absolute Gasteiger partial charge is 0.388 e. The van der Waals surface area contributed by atoms with Crippen LogP contribution in [0.5, 0.6) is 0 Å². The molecule has 0 atom stereocenters. The molecule has 0 radical (unpaired) electrons. The molecule has 0 fully saturated rings. The van der Waals surface area contributed by atoms with Gasteiger partial charge >= 0.3 is 0 Å². The minimum Gasteiger partial charge on any atom is -0.388 e. The number of hydrogen-bond acceptors (Lipinski definition) is 3. The van der Waals surface area contributed by atoms with Gasteiger partial charge in [0.1, 0.15) is 5.82 Å². The predicted molar refractivity (Wildman–Crippen MR) is 73.6 cm³/mol. The highest BCUT2D eigenvalue weighted by molar-refractivity contribution is 5.94. The van der Waals surface area contributed by atoms with Gasteiger partial charge in [-0.1, -0.05) is 6.07 Å². The first-order chi connectivity index (χ1) is 8.74. The van der Waals surface area contributed by atoms with Crippen molar-refractivity contribution in [2.24, 2.45) is 0 Å². The van der Waals surface area contributed by atoms with E-state index in [0.717, 1.165) is 22.6 Å².